The molecule has 5 heteroatoms. The average molecular weight is 430 g/mol. The number of rotatable bonds is 6. The van der Waals surface area contributed by atoms with Crippen LogP contribution in [0, 0.1) is 13.8 Å². The second kappa shape index (κ2) is 9.53. The van der Waals surface area contributed by atoms with Crippen molar-refractivity contribution in [3.63, 3.8) is 0 Å². The fourth-order valence-electron chi connectivity index (χ4n) is 4.73. The molecule has 166 valence electrons. The summed E-state index contributed by atoms with van der Waals surface area (Å²) in [5.74, 6) is 0.243. The number of ketones is 1. The molecule has 1 saturated heterocycles. The lowest BCUT2D eigenvalue weighted by Crippen LogP contribution is -2.49. The summed E-state index contributed by atoms with van der Waals surface area (Å²) in [5, 5.41) is 0. The van der Waals surface area contributed by atoms with E-state index >= 15 is 0 Å². The van der Waals surface area contributed by atoms with Crippen molar-refractivity contribution in [3.05, 3.63) is 94.8 Å². The Labute approximate surface area is 190 Å². The molecule has 2 heterocycles. The van der Waals surface area contributed by atoms with Gasteiger partial charge in [0.2, 0.25) is 5.91 Å². The van der Waals surface area contributed by atoms with Crippen LogP contribution < -0.4 is 0 Å². The van der Waals surface area contributed by atoms with Gasteiger partial charge in [-0.25, -0.2) is 0 Å². The van der Waals surface area contributed by atoms with Crippen LogP contribution in [0.1, 0.15) is 45.8 Å². The maximum atomic E-state index is 13.3. The topological polar surface area (TPSA) is 45.6 Å². The molecule has 3 aromatic rings. The number of Topliss-reactive ketones (excluding diaryl/α,β-unsaturated/α-hetero) is 1. The van der Waals surface area contributed by atoms with Crippen LogP contribution in [0.25, 0.3) is 0 Å². The fourth-order valence-corrected chi connectivity index (χ4v) is 4.73. The number of nitrogens with zero attached hydrogens (tertiary/aromatic N) is 3. The smallest absolute Gasteiger partial charge is 0.219 e. The molecule has 1 fully saturated rings. The number of carbonyl (C=O) groups is 2. The Hall–Kier alpha value is -3.18. The summed E-state index contributed by atoms with van der Waals surface area (Å²) in [4.78, 5) is 28.8. The number of piperazine rings is 1. The number of hydrogen-bond acceptors (Lipinski definition) is 3. The van der Waals surface area contributed by atoms with Gasteiger partial charge >= 0.3 is 0 Å². The zero-order chi connectivity index (χ0) is 22.7. The van der Waals surface area contributed by atoms with E-state index in [1.54, 1.807) is 6.92 Å². The lowest BCUT2D eigenvalue weighted by atomic mass is 9.98. The Morgan fingerprint density at radius 1 is 0.844 bits per heavy atom. The van der Waals surface area contributed by atoms with Crippen LogP contribution in [0.3, 0.4) is 0 Å². The summed E-state index contributed by atoms with van der Waals surface area (Å²) in [6.45, 7) is 8.96. The molecule has 4 rings (SSSR count). The lowest BCUT2D eigenvalue weighted by molar-refractivity contribution is -0.130. The number of amides is 1. The minimum Gasteiger partial charge on any atom is -0.340 e. The lowest BCUT2D eigenvalue weighted by Gasteiger charge is -2.33. The van der Waals surface area contributed by atoms with Crippen LogP contribution in [-0.4, -0.2) is 58.8 Å². The maximum absolute atomic E-state index is 13.3. The average Bonchev–Trinajstić information content (AvgIpc) is 3.10. The number of benzene rings is 2. The standard InChI is InChI=1S/C27H31N3O2/c1-20-18-25(26(32)19-28-14-16-29(17-15-28)22(3)31)21(2)30(20)27(23-10-6-4-7-11-23)24-12-8-5-9-13-24/h4-13,18,27H,14-17,19H2,1-3H3. The van der Waals surface area contributed by atoms with Gasteiger partial charge in [0.05, 0.1) is 12.6 Å². The van der Waals surface area contributed by atoms with Gasteiger partial charge in [-0.05, 0) is 31.0 Å². The second-order valence-electron chi connectivity index (χ2n) is 8.58. The molecule has 0 N–H and O–H groups in total. The summed E-state index contributed by atoms with van der Waals surface area (Å²) in [7, 11) is 0. The summed E-state index contributed by atoms with van der Waals surface area (Å²) < 4.78 is 2.28. The van der Waals surface area contributed by atoms with Crippen LogP contribution in [-0.2, 0) is 4.79 Å². The van der Waals surface area contributed by atoms with Crippen molar-refractivity contribution in [2.45, 2.75) is 26.8 Å². The molecule has 0 saturated carbocycles. The summed E-state index contributed by atoms with van der Waals surface area (Å²) in [6.07, 6.45) is 0. The van der Waals surface area contributed by atoms with Crippen LogP contribution in [0.2, 0.25) is 0 Å². The molecule has 0 aliphatic carbocycles. The van der Waals surface area contributed by atoms with E-state index in [4.69, 9.17) is 0 Å². The van der Waals surface area contributed by atoms with Gasteiger partial charge in [-0.15, -0.1) is 0 Å². The highest BCUT2D eigenvalue weighted by atomic mass is 16.2. The second-order valence-corrected chi connectivity index (χ2v) is 8.58. The summed E-state index contributed by atoms with van der Waals surface area (Å²) in [6, 6.07) is 22.9. The highest BCUT2D eigenvalue weighted by molar-refractivity contribution is 5.99. The Bertz CT molecular complexity index is 1040. The van der Waals surface area contributed by atoms with E-state index in [9.17, 15) is 9.59 Å². The molecular formula is C27H31N3O2. The third kappa shape index (κ3) is 4.53. The molecule has 0 radical (unpaired) electrons. The van der Waals surface area contributed by atoms with Crippen molar-refractivity contribution in [1.82, 2.24) is 14.4 Å². The number of hydrogen-bond donors (Lipinski definition) is 0. The molecule has 32 heavy (non-hydrogen) atoms. The molecule has 1 amide bonds. The van der Waals surface area contributed by atoms with E-state index in [0.717, 1.165) is 30.0 Å². The van der Waals surface area contributed by atoms with Gasteiger partial charge in [-0.1, -0.05) is 60.7 Å². The first kappa shape index (κ1) is 22.0. The van der Waals surface area contributed by atoms with Crippen LogP contribution in [0.15, 0.2) is 66.7 Å². The molecule has 2 aromatic carbocycles. The third-order valence-corrected chi connectivity index (χ3v) is 6.46. The first-order valence-electron chi connectivity index (χ1n) is 11.2. The maximum Gasteiger partial charge on any atom is 0.219 e. The number of carbonyl (C=O) groups excluding carboxylic acids is 2. The van der Waals surface area contributed by atoms with Gasteiger partial charge in [0.1, 0.15) is 0 Å². The van der Waals surface area contributed by atoms with Crippen LogP contribution in [0.5, 0.6) is 0 Å². The van der Waals surface area contributed by atoms with E-state index in [0.29, 0.717) is 19.6 Å². The molecule has 0 atom stereocenters. The van der Waals surface area contributed by atoms with Crippen molar-refractivity contribution in [2.75, 3.05) is 32.7 Å². The SMILES string of the molecule is CC(=O)N1CCN(CC(=O)c2cc(C)n(C(c3ccccc3)c3ccccc3)c2C)CC1. The van der Waals surface area contributed by atoms with Crippen molar-refractivity contribution in [2.24, 2.45) is 0 Å². The van der Waals surface area contributed by atoms with Crippen LogP contribution in [0.4, 0.5) is 0 Å². The monoisotopic (exact) mass is 429 g/mol. The normalized spacial score (nSPS) is 14.7. The van der Waals surface area contributed by atoms with E-state index in [-0.39, 0.29) is 17.7 Å². The highest BCUT2D eigenvalue weighted by Crippen LogP contribution is 2.31. The zero-order valence-electron chi connectivity index (χ0n) is 19.1. The Kier molecular flexibility index (Phi) is 6.56. The Morgan fingerprint density at radius 3 is 1.88 bits per heavy atom. The van der Waals surface area contributed by atoms with Crippen molar-refractivity contribution in [1.29, 1.82) is 0 Å². The zero-order valence-corrected chi connectivity index (χ0v) is 19.1. The molecule has 0 spiro atoms. The minimum atomic E-state index is 0.0121. The largest absolute Gasteiger partial charge is 0.340 e. The fraction of sp³-hybridized carbons (Fsp3) is 0.333. The van der Waals surface area contributed by atoms with Gasteiger partial charge in [-0.2, -0.15) is 0 Å². The predicted molar refractivity (Wildman–Crippen MR) is 127 cm³/mol. The van der Waals surface area contributed by atoms with Gasteiger partial charge in [0, 0.05) is 50.1 Å². The highest BCUT2D eigenvalue weighted by Gasteiger charge is 2.26. The molecule has 5 nitrogen and oxygen atoms in total. The molecule has 1 aliphatic heterocycles. The summed E-state index contributed by atoms with van der Waals surface area (Å²) >= 11 is 0. The van der Waals surface area contributed by atoms with E-state index < -0.39 is 0 Å². The van der Waals surface area contributed by atoms with Crippen LogP contribution >= 0.6 is 0 Å². The minimum absolute atomic E-state index is 0.0121. The van der Waals surface area contributed by atoms with Gasteiger partial charge < -0.3 is 9.47 Å². The van der Waals surface area contributed by atoms with Crippen molar-refractivity contribution in [3.8, 4) is 0 Å². The molecule has 1 aromatic heterocycles. The molecule has 0 unspecified atom stereocenters. The Morgan fingerprint density at radius 2 is 1.38 bits per heavy atom. The van der Waals surface area contributed by atoms with E-state index in [2.05, 4.69) is 64.9 Å². The van der Waals surface area contributed by atoms with E-state index in [1.807, 2.05) is 30.0 Å². The molecule has 0 bridgehead atoms. The quantitative estimate of drug-likeness (QED) is 0.555. The van der Waals surface area contributed by atoms with Crippen molar-refractivity contribution >= 4 is 11.7 Å². The predicted octanol–water partition coefficient (Wildman–Crippen LogP) is 4.09. The number of aryl methyl sites for hydroxylation is 1. The first-order valence-corrected chi connectivity index (χ1v) is 11.2. The van der Waals surface area contributed by atoms with Gasteiger partial charge in [0.25, 0.3) is 0 Å². The summed E-state index contributed by atoms with van der Waals surface area (Å²) in [5.41, 5.74) is 5.24. The Balaban J connectivity index is 1.61. The third-order valence-electron chi connectivity index (χ3n) is 6.46. The first-order chi connectivity index (χ1) is 15.5. The molecule has 1 aliphatic rings. The van der Waals surface area contributed by atoms with Gasteiger partial charge in [-0.3, -0.25) is 14.5 Å². The van der Waals surface area contributed by atoms with Crippen molar-refractivity contribution < 1.29 is 9.59 Å². The molecular weight excluding hydrogens is 398 g/mol. The van der Waals surface area contributed by atoms with E-state index in [1.165, 1.54) is 11.1 Å². The number of aromatic nitrogens is 1. The van der Waals surface area contributed by atoms with Gasteiger partial charge in [0.15, 0.2) is 5.78 Å².